The summed E-state index contributed by atoms with van der Waals surface area (Å²) in [5.74, 6) is 1.18. The second-order valence-electron chi connectivity index (χ2n) is 4.14. The van der Waals surface area contributed by atoms with Gasteiger partial charge in [0.15, 0.2) is 11.5 Å². The molecule has 0 saturated carbocycles. The van der Waals surface area contributed by atoms with E-state index in [9.17, 15) is 9.59 Å². The van der Waals surface area contributed by atoms with Gasteiger partial charge >= 0.3 is 0 Å². The molecule has 1 saturated heterocycles. The number of amides is 2. The van der Waals surface area contributed by atoms with Crippen molar-refractivity contribution in [3.63, 3.8) is 0 Å². The molecule has 1 aromatic carbocycles. The van der Waals surface area contributed by atoms with Crippen molar-refractivity contribution >= 4 is 18.4 Å². The maximum absolute atomic E-state index is 11.7. The highest BCUT2D eigenvalue weighted by Gasteiger charge is 2.25. The van der Waals surface area contributed by atoms with Gasteiger partial charge in [0.25, 0.3) is 5.91 Å². The standard InChI is InChI=1S/C13H11NO4/c15-7-14-4-3-10(13(14)16)5-9-1-2-11-12(6-9)18-8-17-11/h1-2,5-7H,3-4,8H2/b10-5-. The minimum absolute atomic E-state index is 0.220. The average molecular weight is 245 g/mol. The molecule has 0 aromatic heterocycles. The summed E-state index contributed by atoms with van der Waals surface area (Å²) < 4.78 is 10.5. The number of benzene rings is 1. The molecule has 0 N–H and O–H groups in total. The number of rotatable bonds is 2. The summed E-state index contributed by atoms with van der Waals surface area (Å²) in [7, 11) is 0. The Morgan fingerprint density at radius 2 is 2.06 bits per heavy atom. The molecule has 1 fully saturated rings. The van der Waals surface area contributed by atoms with Crippen molar-refractivity contribution in [3.8, 4) is 11.5 Å². The summed E-state index contributed by atoms with van der Waals surface area (Å²) >= 11 is 0. The van der Waals surface area contributed by atoms with Gasteiger partial charge in [0, 0.05) is 12.1 Å². The normalized spacial score (nSPS) is 19.7. The van der Waals surface area contributed by atoms with E-state index in [2.05, 4.69) is 0 Å². The zero-order chi connectivity index (χ0) is 12.5. The van der Waals surface area contributed by atoms with Crippen LogP contribution in [-0.2, 0) is 9.59 Å². The van der Waals surface area contributed by atoms with Crippen LogP contribution < -0.4 is 9.47 Å². The van der Waals surface area contributed by atoms with Crippen molar-refractivity contribution in [2.24, 2.45) is 0 Å². The fourth-order valence-corrected chi connectivity index (χ4v) is 2.07. The SMILES string of the molecule is O=CN1CC/C(=C/c2ccc3c(c2)OCO3)C1=O. The number of carbonyl (C=O) groups excluding carboxylic acids is 2. The molecule has 0 unspecified atom stereocenters. The van der Waals surface area contributed by atoms with Crippen molar-refractivity contribution in [3.05, 3.63) is 29.3 Å². The predicted octanol–water partition coefficient (Wildman–Crippen LogP) is 1.19. The number of ether oxygens (including phenoxy) is 2. The summed E-state index contributed by atoms with van der Waals surface area (Å²) in [4.78, 5) is 23.5. The fraction of sp³-hybridized carbons (Fsp3) is 0.231. The van der Waals surface area contributed by atoms with E-state index < -0.39 is 0 Å². The zero-order valence-corrected chi connectivity index (χ0v) is 9.59. The van der Waals surface area contributed by atoms with E-state index in [0.29, 0.717) is 36.4 Å². The Kier molecular flexibility index (Phi) is 2.51. The molecular formula is C13H11NO4. The maximum Gasteiger partial charge on any atom is 0.256 e. The number of carbonyl (C=O) groups is 2. The highest BCUT2D eigenvalue weighted by molar-refractivity contribution is 6.04. The topological polar surface area (TPSA) is 55.8 Å². The summed E-state index contributed by atoms with van der Waals surface area (Å²) in [6.07, 6.45) is 2.95. The van der Waals surface area contributed by atoms with E-state index >= 15 is 0 Å². The Labute approximate surface area is 104 Å². The molecule has 2 aliphatic rings. The molecule has 2 aliphatic heterocycles. The largest absolute Gasteiger partial charge is 0.454 e. The fourth-order valence-electron chi connectivity index (χ4n) is 2.07. The number of imide groups is 1. The van der Waals surface area contributed by atoms with Crippen LogP contribution >= 0.6 is 0 Å². The number of hydrogen-bond donors (Lipinski definition) is 0. The van der Waals surface area contributed by atoms with Crippen LogP contribution in [0.2, 0.25) is 0 Å². The Balaban J connectivity index is 1.88. The smallest absolute Gasteiger partial charge is 0.256 e. The molecule has 1 aromatic rings. The van der Waals surface area contributed by atoms with E-state index in [4.69, 9.17) is 9.47 Å². The van der Waals surface area contributed by atoms with Crippen molar-refractivity contribution < 1.29 is 19.1 Å². The van der Waals surface area contributed by atoms with Gasteiger partial charge in [-0.25, -0.2) is 0 Å². The van der Waals surface area contributed by atoms with Crippen LogP contribution in [0.1, 0.15) is 12.0 Å². The van der Waals surface area contributed by atoms with Crippen LogP contribution in [0.5, 0.6) is 11.5 Å². The molecule has 2 heterocycles. The lowest BCUT2D eigenvalue weighted by molar-refractivity contribution is -0.132. The molecule has 0 bridgehead atoms. The van der Waals surface area contributed by atoms with E-state index in [0.717, 1.165) is 5.56 Å². The van der Waals surface area contributed by atoms with Crippen molar-refractivity contribution in [1.29, 1.82) is 0 Å². The second kappa shape index (κ2) is 4.18. The molecule has 3 rings (SSSR count). The summed E-state index contributed by atoms with van der Waals surface area (Å²) in [5.41, 5.74) is 1.51. The Hall–Kier alpha value is -2.30. The summed E-state index contributed by atoms with van der Waals surface area (Å²) in [5, 5.41) is 0. The van der Waals surface area contributed by atoms with Crippen LogP contribution in [0.15, 0.2) is 23.8 Å². The van der Waals surface area contributed by atoms with Crippen LogP contribution in [-0.4, -0.2) is 30.6 Å². The van der Waals surface area contributed by atoms with Crippen molar-refractivity contribution in [1.82, 2.24) is 4.90 Å². The Bertz CT molecular complexity index is 550. The third kappa shape index (κ3) is 1.73. The molecule has 92 valence electrons. The van der Waals surface area contributed by atoms with E-state index in [1.165, 1.54) is 4.90 Å². The molecule has 0 radical (unpaired) electrons. The van der Waals surface area contributed by atoms with Gasteiger partial charge in [-0.15, -0.1) is 0 Å². The molecule has 18 heavy (non-hydrogen) atoms. The van der Waals surface area contributed by atoms with Crippen molar-refractivity contribution in [2.75, 3.05) is 13.3 Å². The Morgan fingerprint density at radius 1 is 1.22 bits per heavy atom. The van der Waals surface area contributed by atoms with E-state index in [1.807, 2.05) is 18.2 Å². The average Bonchev–Trinajstić information content (AvgIpc) is 2.97. The Morgan fingerprint density at radius 3 is 2.83 bits per heavy atom. The van der Waals surface area contributed by atoms with Crippen LogP contribution in [0.3, 0.4) is 0 Å². The van der Waals surface area contributed by atoms with E-state index in [-0.39, 0.29) is 12.7 Å². The van der Waals surface area contributed by atoms with Gasteiger partial charge in [-0.05, 0) is 30.2 Å². The summed E-state index contributed by atoms with van der Waals surface area (Å²) in [6.45, 7) is 0.686. The first-order chi connectivity index (χ1) is 8.78. The molecule has 0 atom stereocenters. The summed E-state index contributed by atoms with van der Waals surface area (Å²) in [6, 6.07) is 5.50. The molecule has 5 heteroatoms. The van der Waals surface area contributed by atoms with Crippen LogP contribution in [0.4, 0.5) is 0 Å². The number of nitrogens with zero attached hydrogens (tertiary/aromatic N) is 1. The van der Waals surface area contributed by atoms with Gasteiger partial charge in [0.1, 0.15) is 0 Å². The molecular weight excluding hydrogens is 234 g/mol. The first-order valence-corrected chi connectivity index (χ1v) is 5.64. The monoisotopic (exact) mass is 245 g/mol. The van der Waals surface area contributed by atoms with Gasteiger partial charge in [-0.3, -0.25) is 14.5 Å². The first-order valence-electron chi connectivity index (χ1n) is 5.64. The lowest BCUT2D eigenvalue weighted by atomic mass is 10.1. The highest BCUT2D eigenvalue weighted by Crippen LogP contribution is 2.33. The van der Waals surface area contributed by atoms with Crippen LogP contribution in [0, 0.1) is 0 Å². The third-order valence-electron chi connectivity index (χ3n) is 3.02. The van der Waals surface area contributed by atoms with Gasteiger partial charge in [0.2, 0.25) is 13.2 Å². The molecule has 5 nitrogen and oxygen atoms in total. The van der Waals surface area contributed by atoms with Gasteiger partial charge in [-0.1, -0.05) is 6.07 Å². The quantitative estimate of drug-likeness (QED) is 0.580. The van der Waals surface area contributed by atoms with E-state index in [1.54, 1.807) is 6.08 Å². The minimum atomic E-state index is -0.220. The zero-order valence-electron chi connectivity index (χ0n) is 9.59. The molecule has 0 spiro atoms. The number of fused-ring (bicyclic) bond motifs is 1. The molecule has 0 aliphatic carbocycles. The number of likely N-dealkylation sites (tertiary alicyclic amines) is 1. The van der Waals surface area contributed by atoms with Gasteiger partial charge < -0.3 is 9.47 Å². The molecule has 2 amide bonds. The predicted molar refractivity (Wildman–Crippen MR) is 62.9 cm³/mol. The lowest BCUT2D eigenvalue weighted by Gasteiger charge is -2.03. The third-order valence-corrected chi connectivity index (χ3v) is 3.02. The second-order valence-corrected chi connectivity index (χ2v) is 4.14. The number of hydrogen-bond acceptors (Lipinski definition) is 4. The highest BCUT2D eigenvalue weighted by atomic mass is 16.7. The van der Waals surface area contributed by atoms with Gasteiger partial charge in [0.05, 0.1) is 0 Å². The van der Waals surface area contributed by atoms with Crippen LogP contribution in [0.25, 0.3) is 6.08 Å². The van der Waals surface area contributed by atoms with Crippen molar-refractivity contribution in [2.45, 2.75) is 6.42 Å². The van der Waals surface area contributed by atoms with Gasteiger partial charge in [-0.2, -0.15) is 0 Å². The first kappa shape index (κ1) is 10.8. The lowest BCUT2D eigenvalue weighted by Crippen LogP contribution is -2.22. The maximum atomic E-state index is 11.7. The minimum Gasteiger partial charge on any atom is -0.454 e.